The summed E-state index contributed by atoms with van der Waals surface area (Å²) < 4.78 is 0. The summed E-state index contributed by atoms with van der Waals surface area (Å²) in [6.07, 6.45) is 7.14. The van der Waals surface area contributed by atoms with E-state index in [4.69, 9.17) is 11.5 Å². The second-order valence-electron chi connectivity index (χ2n) is 3.26. The zero-order chi connectivity index (χ0) is 10.7. The number of amidine groups is 1. The predicted molar refractivity (Wildman–Crippen MR) is 61.6 cm³/mol. The van der Waals surface area contributed by atoms with Crippen molar-refractivity contribution in [2.75, 3.05) is 6.54 Å². The molecule has 2 heterocycles. The van der Waals surface area contributed by atoms with Gasteiger partial charge >= 0.3 is 0 Å². The molecule has 0 bridgehead atoms. The standard InChI is InChI=1S/C9H12N6/c10-4-2-1-3-9(11)7-8(13-5-12-7)14-6-15-9/h1-2,5-6H,3-4,10-11H2/b2-1+. The van der Waals surface area contributed by atoms with Gasteiger partial charge in [-0.15, -0.1) is 0 Å². The van der Waals surface area contributed by atoms with E-state index < -0.39 is 5.66 Å². The summed E-state index contributed by atoms with van der Waals surface area (Å²) in [7, 11) is 0. The third-order valence-electron chi connectivity index (χ3n) is 2.19. The minimum atomic E-state index is -0.848. The Labute approximate surface area is 87.2 Å². The zero-order valence-corrected chi connectivity index (χ0v) is 8.17. The minimum absolute atomic E-state index is 0.490. The van der Waals surface area contributed by atoms with E-state index in [-0.39, 0.29) is 0 Å². The highest BCUT2D eigenvalue weighted by Crippen LogP contribution is 2.18. The molecule has 0 spiro atoms. The number of hydrogen-bond donors (Lipinski definition) is 2. The summed E-state index contributed by atoms with van der Waals surface area (Å²) in [5.41, 5.74) is 11.2. The van der Waals surface area contributed by atoms with E-state index in [0.717, 1.165) is 0 Å². The number of hydrogen-bond acceptors (Lipinski definition) is 6. The molecule has 78 valence electrons. The Bertz CT molecular complexity index is 403. The highest BCUT2D eigenvalue weighted by atomic mass is 15.2. The van der Waals surface area contributed by atoms with E-state index in [9.17, 15) is 0 Å². The van der Waals surface area contributed by atoms with Gasteiger partial charge in [0.15, 0.2) is 11.5 Å². The van der Waals surface area contributed by atoms with Gasteiger partial charge in [-0.3, -0.25) is 0 Å². The molecule has 0 amide bonds. The van der Waals surface area contributed by atoms with Gasteiger partial charge in [0, 0.05) is 13.0 Å². The maximum absolute atomic E-state index is 6.10. The molecule has 0 radical (unpaired) electrons. The van der Waals surface area contributed by atoms with Crippen molar-refractivity contribution in [2.45, 2.75) is 12.1 Å². The Balaban J connectivity index is 2.19. The average Bonchev–Trinajstić information content (AvgIpc) is 2.68. The van der Waals surface area contributed by atoms with Gasteiger partial charge in [0.1, 0.15) is 18.4 Å². The van der Waals surface area contributed by atoms with E-state index in [1.54, 1.807) is 0 Å². The fraction of sp³-hybridized carbons (Fsp3) is 0.333. The van der Waals surface area contributed by atoms with Crippen LogP contribution in [0.4, 0.5) is 0 Å². The quantitative estimate of drug-likeness (QED) is 0.603. The molecule has 6 heteroatoms. The Morgan fingerprint density at radius 3 is 2.93 bits per heavy atom. The third-order valence-corrected chi connectivity index (χ3v) is 2.19. The van der Waals surface area contributed by atoms with Crippen molar-refractivity contribution in [3.8, 4) is 0 Å². The smallest absolute Gasteiger partial charge is 0.180 e. The number of fused-ring (bicyclic) bond motifs is 1. The molecule has 0 aromatic rings. The van der Waals surface area contributed by atoms with Crippen LogP contribution in [0, 0.1) is 0 Å². The van der Waals surface area contributed by atoms with Crippen LogP contribution >= 0.6 is 0 Å². The van der Waals surface area contributed by atoms with Crippen molar-refractivity contribution in [1.82, 2.24) is 0 Å². The van der Waals surface area contributed by atoms with Gasteiger partial charge in [0.25, 0.3) is 0 Å². The second-order valence-corrected chi connectivity index (χ2v) is 3.26. The van der Waals surface area contributed by atoms with Crippen LogP contribution in [-0.2, 0) is 0 Å². The summed E-state index contributed by atoms with van der Waals surface area (Å²) in [5, 5.41) is 0. The second kappa shape index (κ2) is 3.84. The predicted octanol–water partition coefficient (Wildman–Crippen LogP) is -0.530. The summed E-state index contributed by atoms with van der Waals surface area (Å²) in [5.74, 6) is 0.550. The molecule has 0 aromatic heterocycles. The van der Waals surface area contributed by atoms with Crippen molar-refractivity contribution < 1.29 is 0 Å². The molecule has 1 atom stereocenters. The number of aliphatic imine (C=N–C) groups is 4. The fourth-order valence-corrected chi connectivity index (χ4v) is 1.42. The minimum Gasteiger partial charge on any atom is -0.327 e. The van der Waals surface area contributed by atoms with E-state index in [0.29, 0.717) is 24.5 Å². The van der Waals surface area contributed by atoms with Crippen LogP contribution in [0.3, 0.4) is 0 Å². The Kier molecular flexibility index (Phi) is 2.53. The van der Waals surface area contributed by atoms with Crippen molar-refractivity contribution >= 4 is 24.2 Å². The molecule has 0 fully saturated rings. The lowest BCUT2D eigenvalue weighted by Crippen LogP contribution is -2.49. The summed E-state index contributed by atoms with van der Waals surface area (Å²) in [6.45, 7) is 0.490. The Hall–Kier alpha value is -1.66. The molecular formula is C9H12N6. The Morgan fingerprint density at radius 1 is 1.27 bits per heavy atom. The monoisotopic (exact) mass is 204 g/mol. The van der Waals surface area contributed by atoms with Crippen LogP contribution in [0.5, 0.6) is 0 Å². The topological polar surface area (TPSA) is 101 Å². The maximum Gasteiger partial charge on any atom is 0.180 e. The summed E-state index contributed by atoms with van der Waals surface area (Å²) >= 11 is 0. The van der Waals surface area contributed by atoms with Crippen LogP contribution in [0.25, 0.3) is 0 Å². The molecule has 0 aliphatic carbocycles. The van der Waals surface area contributed by atoms with Crippen molar-refractivity contribution in [2.24, 2.45) is 31.4 Å². The van der Waals surface area contributed by atoms with Gasteiger partial charge in [0.05, 0.1) is 0 Å². The van der Waals surface area contributed by atoms with Crippen molar-refractivity contribution in [3.05, 3.63) is 12.2 Å². The molecule has 0 aromatic carbocycles. The van der Waals surface area contributed by atoms with E-state index in [1.165, 1.54) is 12.7 Å². The Morgan fingerprint density at radius 2 is 2.13 bits per heavy atom. The molecule has 0 saturated heterocycles. The lowest BCUT2D eigenvalue weighted by Gasteiger charge is -2.25. The fourth-order valence-electron chi connectivity index (χ4n) is 1.42. The maximum atomic E-state index is 6.10. The van der Waals surface area contributed by atoms with Gasteiger partial charge in [-0.2, -0.15) is 0 Å². The molecule has 0 saturated carbocycles. The lowest BCUT2D eigenvalue weighted by atomic mass is 9.99. The van der Waals surface area contributed by atoms with E-state index in [2.05, 4.69) is 20.0 Å². The van der Waals surface area contributed by atoms with Crippen molar-refractivity contribution in [1.29, 1.82) is 0 Å². The number of nitrogens with two attached hydrogens (primary N) is 2. The highest BCUT2D eigenvalue weighted by molar-refractivity contribution is 6.50. The first-order valence-corrected chi connectivity index (χ1v) is 4.63. The van der Waals surface area contributed by atoms with Gasteiger partial charge in [-0.25, -0.2) is 20.0 Å². The zero-order valence-electron chi connectivity index (χ0n) is 8.17. The highest BCUT2D eigenvalue weighted by Gasteiger charge is 2.36. The van der Waals surface area contributed by atoms with Crippen LogP contribution in [0.1, 0.15) is 6.42 Å². The SMILES string of the molecule is NC/C=C/CC1(N)N=CN=C2N=CN=C21. The first-order valence-electron chi connectivity index (χ1n) is 4.63. The molecule has 4 N–H and O–H groups in total. The summed E-state index contributed by atoms with van der Waals surface area (Å²) in [6, 6.07) is 0. The molecule has 2 rings (SSSR count). The summed E-state index contributed by atoms with van der Waals surface area (Å²) in [4.78, 5) is 16.2. The van der Waals surface area contributed by atoms with Gasteiger partial charge < -0.3 is 11.5 Å². The first-order chi connectivity index (χ1) is 7.26. The molecular weight excluding hydrogens is 192 g/mol. The number of rotatable bonds is 3. The van der Waals surface area contributed by atoms with Crippen LogP contribution in [0.2, 0.25) is 0 Å². The van der Waals surface area contributed by atoms with Crippen molar-refractivity contribution in [3.63, 3.8) is 0 Å². The molecule has 2 aliphatic heterocycles. The van der Waals surface area contributed by atoms with E-state index >= 15 is 0 Å². The van der Waals surface area contributed by atoms with Crippen LogP contribution in [-0.4, -0.2) is 36.4 Å². The van der Waals surface area contributed by atoms with Crippen LogP contribution in [0.15, 0.2) is 32.1 Å². The molecule has 6 nitrogen and oxygen atoms in total. The van der Waals surface area contributed by atoms with Gasteiger partial charge in [-0.1, -0.05) is 12.2 Å². The molecule has 1 unspecified atom stereocenters. The largest absolute Gasteiger partial charge is 0.327 e. The molecule has 2 aliphatic rings. The van der Waals surface area contributed by atoms with E-state index in [1.807, 2.05) is 12.2 Å². The average molecular weight is 204 g/mol. The number of nitrogens with zero attached hydrogens (tertiary/aromatic N) is 4. The normalized spacial score (nSPS) is 28.1. The van der Waals surface area contributed by atoms with Gasteiger partial charge in [0.2, 0.25) is 0 Å². The van der Waals surface area contributed by atoms with Gasteiger partial charge in [-0.05, 0) is 0 Å². The molecule has 15 heavy (non-hydrogen) atoms. The lowest BCUT2D eigenvalue weighted by molar-refractivity contribution is 0.610. The van der Waals surface area contributed by atoms with Crippen LogP contribution < -0.4 is 11.5 Å². The third kappa shape index (κ3) is 1.77. The first kappa shape index (κ1) is 9.88.